The molecule has 1 saturated carbocycles. The van der Waals surface area contributed by atoms with Crippen molar-refractivity contribution < 1.29 is 9.47 Å². The van der Waals surface area contributed by atoms with E-state index in [2.05, 4.69) is 9.89 Å². The van der Waals surface area contributed by atoms with Gasteiger partial charge < -0.3 is 20.1 Å². The zero-order valence-electron chi connectivity index (χ0n) is 13.5. The van der Waals surface area contributed by atoms with Crippen molar-refractivity contribution in [2.24, 2.45) is 10.7 Å². The van der Waals surface area contributed by atoms with Gasteiger partial charge in [-0.1, -0.05) is 0 Å². The summed E-state index contributed by atoms with van der Waals surface area (Å²) in [5, 5.41) is 0. The Labute approximate surface area is 149 Å². The molecule has 124 valence electrons. The highest BCUT2D eigenvalue weighted by molar-refractivity contribution is 14.0. The van der Waals surface area contributed by atoms with Crippen molar-refractivity contribution in [2.45, 2.75) is 31.7 Å². The van der Waals surface area contributed by atoms with Gasteiger partial charge in [-0.15, -0.1) is 24.0 Å². The van der Waals surface area contributed by atoms with E-state index in [0.717, 1.165) is 36.4 Å². The summed E-state index contributed by atoms with van der Waals surface area (Å²) in [5.41, 5.74) is 7.11. The van der Waals surface area contributed by atoms with E-state index in [4.69, 9.17) is 15.2 Å². The van der Waals surface area contributed by atoms with Crippen LogP contribution in [-0.2, 0) is 6.42 Å². The molecule has 6 heteroatoms. The number of aliphatic imine (C=N–C) groups is 1. The Bertz CT molecular complexity index is 504. The first-order valence-corrected chi connectivity index (χ1v) is 7.39. The van der Waals surface area contributed by atoms with Crippen LogP contribution < -0.4 is 15.2 Å². The van der Waals surface area contributed by atoms with E-state index in [1.54, 1.807) is 14.2 Å². The van der Waals surface area contributed by atoms with Gasteiger partial charge in [-0.25, -0.2) is 0 Å². The summed E-state index contributed by atoms with van der Waals surface area (Å²) in [5.74, 6) is 2.39. The lowest BCUT2D eigenvalue weighted by Gasteiger charge is -2.16. The molecule has 0 aliphatic heterocycles. The van der Waals surface area contributed by atoms with Gasteiger partial charge in [0.1, 0.15) is 11.5 Å². The highest BCUT2D eigenvalue weighted by Gasteiger charge is 2.27. The van der Waals surface area contributed by atoms with Crippen LogP contribution in [0.15, 0.2) is 23.2 Å². The second-order valence-corrected chi connectivity index (χ2v) is 5.36. The first-order valence-electron chi connectivity index (χ1n) is 7.39. The molecule has 22 heavy (non-hydrogen) atoms. The Kier molecular flexibility index (Phi) is 7.78. The number of aryl methyl sites for hydroxylation is 1. The topological polar surface area (TPSA) is 60.1 Å². The molecule has 1 fully saturated rings. The molecule has 0 unspecified atom stereocenters. The second kappa shape index (κ2) is 9.07. The summed E-state index contributed by atoms with van der Waals surface area (Å²) in [7, 11) is 5.37. The van der Waals surface area contributed by atoms with Gasteiger partial charge in [-0.2, -0.15) is 0 Å². The third-order valence-electron chi connectivity index (χ3n) is 3.82. The molecule has 2 N–H and O–H groups in total. The fraction of sp³-hybridized carbons (Fsp3) is 0.562. The lowest BCUT2D eigenvalue weighted by atomic mass is 10.1. The molecule has 0 spiro atoms. The van der Waals surface area contributed by atoms with E-state index >= 15 is 0 Å². The Balaban J connectivity index is 0.00000242. The molecule has 1 aromatic carbocycles. The van der Waals surface area contributed by atoms with Crippen LogP contribution in [0.4, 0.5) is 0 Å². The SMILES string of the molecule is COc1ccc(OC)c(CCCN=C(N)N(C)C2CC2)c1.I. The lowest BCUT2D eigenvalue weighted by molar-refractivity contribution is 0.398. The van der Waals surface area contributed by atoms with Crippen molar-refractivity contribution in [1.29, 1.82) is 0 Å². The van der Waals surface area contributed by atoms with Crippen LogP contribution in [0.1, 0.15) is 24.8 Å². The van der Waals surface area contributed by atoms with Gasteiger partial charge in [0, 0.05) is 19.6 Å². The van der Waals surface area contributed by atoms with E-state index in [-0.39, 0.29) is 24.0 Å². The third-order valence-corrected chi connectivity index (χ3v) is 3.82. The maximum Gasteiger partial charge on any atom is 0.191 e. The minimum Gasteiger partial charge on any atom is -0.497 e. The van der Waals surface area contributed by atoms with Crippen molar-refractivity contribution in [2.75, 3.05) is 27.8 Å². The van der Waals surface area contributed by atoms with Crippen LogP contribution in [0.25, 0.3) is 0 Å². The number of methoxy groups -OCH3 is 2. The number of rotatable bonds is 7. The molecule has 2 rings (SSSR count). The zero-order chi connectivity index (χ0) is 15.2. The Morgan fingerprint density at radius 1 is 1.32 bits per heavy atom. The van der Waals surface area contributed by atoms with Crippen LogP contribution in [0, 0.1) is 0 Å². The van der Waals surface area contributed by atoms with Gasteiger partial charge in [0.05, 0.1) is 14.2 Å². The van der Waals surface area contributed by atoms with E-state index in [1.165, 1.54) is 12.8 Å². The van der Waals surface area contributed by atoms with Gasteiger partial charge in [0.15, 0.2) is 5.96 Å². The van der Waals surface area contributed by atoms with Crippen LogP contribution >= 0.6 is 24.0 Å². The van der Waals surface area contributed by atoms with Gasteiger partial charge in [-0.3, -0.25) is 4.99 Å². The molecule has 1 aromatic rings. The molecule has 0 aromatic heterocycles. The van der Waals surface area contributed by atoms with Crippen molar-refractivity contribution >= 4 is 29.9 Å². The first-order chi connectivity index (χ1) is 10.2. The standard InChI is InChI=1S/C16H25N3O2.HI/c1-19(13-6-7-13)16(17)18-10-4-5-12-11-14(20-2)8-9-15(12)21-3;/h8-9,11,13H,4-7,10H2,1-3H3,(H2,17,18);1H. The minimum atomic E-state index is 0. The van der Waals surface area contributed by atoms with Gasteiger partial charge in [-0.05, 0) is 49.4 Å². The van der Waals surface area contributed by atoms with E-state index in [1.807, 2.05) is 25.2 Å². The fourth-order valence-corrected chi connectivity index (χ4v) is 2.30. The predicted octanol–water partition coefficient (Wildman–Crippen LogP) is 2.66. The van der Waals surface area contributed by atoms with Crippen molar-refractivity contribution in [3.05, 3.63) is 23.8 Å². The molecule has 0 atom stereocenters. The summed E-state index contributed by atoms with van der Waals surface area (Å²) in [6, 6.07) is 6.46. The average molecular weight is 419 g/mol. The molecule has 0 saturated heterocycles. The predicted molar refractivity (Wildman–Crippen MR) is 101 cm³/mol. The Morgan fingerprint density at radius 3 is 2.64 bits per heavy atom. The summed E-state index contributed by atoms with van der Waals surface area (Å²) >= 11 is 0. The molecule has 1 aliphatic rings. The smallest absolute Gasteiger partial charge is 0.191 e. The third kappa shape index (κ3) is 5.23. The summed E-state index contributed by atoms with van der Waals surface area (Å²) in [4.78, 5) is 6.52. The number of benzene rings is 1. The van der Waals surface area contributed by atoms with Crippen molar-refractivity contribution in [3.8, 4) is 11.5 Å². The number of guanidine groups is 1. The fourth-order valence-electron chi connectivity index (χ4n) is 2.30. The maximum absolute atomic E-state index is 5.97. The maximum atomic E-state index is 5.97. The van der Waals surface area contributed by atoms with E-state index < -0.39 is 0 Å². The molecule has 1 aliphatic carbocycles. The summed E-state index contributed by atoms with van der Waals surface area (Å²) < 4.78 is 10.6. The summed E-state index contributed by atoms with van der Waals surface area (Å²) in [6.07, 6.45) is 4.29. The number of hydrogen-bond donors (Lipinski definition) is 1. The normalized spacial score (nSPS) is 14.2. The van der Waals surface area contributed by atoms with Crippen LogP contribution in [0.5, 0.6) is 11.5 Å². The van der Waals surface area contributed by atoms with Crippen LogP contribution in [-0.4, -0.2) is 44.7 Å². The van der Waals surface area contributed by atoms with E-state index in [0.29, 0.717) is 12.0 Å². The molecule has 0 heterocycles. The van der Waals surface area contributed by atoms with Gasteiger partial charge >= 0.3 is 0 Å². The molecular formula is C16H26IN3O2. The van der Waals surface area contributed by atoms with Crippen LogP contribution in [0.3, 0.4) is 0 Å². The molecule has 5 nitrogen and oxygen atoms in total. The van der Waals surface area contributed by atoms with Crippen molar-refractivity contribution in [1.82, 2.24) is 4.90 Å². The Hall–Kier alpha value is -1.18. The highest BCUT2D eigenvalue weighted by atomic mass is 127. The zero-order valence-corrected chi connectivity index (χ0v) is 15.9. The largest absolute Gasteiger partial charge is 0.497 e. The molecular weight excluding hydrogens is 393 g/mol. The van der Waals surface area contributed by atoms with Gasteiger partial charge in [0.25, 0.3) is 0 Å². The average Bonchev–Trinajstić information content (AvgIpc) is 3.35. The minimum absolute atomic E-state index is 0. The highest BCUT2D eigenvalue weighted by Crippen LogP contribution is 2.26. The lowest BCUT2D eigenvalue weighted by Crippen LogP contribution is -2.35. The number of hydrogen-bond acceptors (Lipinski definition) is 3. The molecule has 0 amide bonds. The van der Waals surface area contributed by atoms with Crippen LogP contribution in [0.2, 0.25) is 0 Å². The monoisotopic (exact) mass is 419 g/mol. The number of nitrogens with zero attached hydrogens (tertiary/aromatic N) is 2. The summed E-state index contributed by atoms with van der Waals surface area (Å²) in [6.45, 7) is 0.725. The number of halogens is 1. The van der Waals surface area contributed by atoms with Crippen molar-refractivity contribution in [3.63, 3.8) is 0 Å². The molecule has 0 radical (unpaired) electrons. The van der Waals surface area contributed by atoms with E-state index in [9.17, 15) is 0 Å². The quantitative estimate of drug-likeness (QED) is 0.320. The second-order valence-electron chi connectivity index (χ2n) is 5.36. The number of nitrogens with two attached hydrogens (primary N) is 1. The molecule has 0 bridgehead atoms. The van der Waals surface area contributed by atoms with Gasteiger partial charge in [0.2, 0.25) is 0 Å². The number of ether oxygens (including phenoxy) is 2. The Morgan fingerprint density at radius 2 is 2.05 bits per heavy atom. The first kappa shape index (κ1) is 18.9.